The molecule has 0 amide bonds. The lowest BCUT2D eigenvalue weighted by Gasteiger charge is -2.31. The molecule has 4 fully saturated rings. The van der Waals surface area contributed by atoms with Gasteiger partial charge < -0.3 is 9.64 Å². The van der Waals surface area contributed by atoms with E-state index >= 15 is 0 Å². The Morgan fingerprint density at radius 1 is 0.963 bits per heavy atom. The van der Waals surface area contributed by atoms with Gasteiger partial charge in [0.15, 0.2) is 0 Å². The lowest BCUT2D eigenvalue weighted by molar-refractivity contribution is 0.0705. The highest BCUT2D eigenvalue weighted by Crippen LogP contribution is 2.38. The molecule has 0 N–H and O–H groups in total. The molecule has 9 heteroatoms. The van der Waals surface area contributed by atoms with Crippen molar-refractivity contribution < 1.29 is 13.2 Å². The molecule has 27 heavy (non-hydrogen) atoms. The fourth-order valence-corrected chi connectivity index (χ4v) is 6.42. The topological polar surface area (TPSA) is 78.9 Å². The minimum atomic E-state index is -3.36. The Bertz CT molecular complexity index is 780. The van der Waals surface area contributed by atoms with Gasteiger partial charge in [-0.05, 0) is 24.7 Å². The molecule has 2 unspecified atom stereocenters. The Labute approximate surface area is 160 Å². The van der Waals surface area contributed by atoms with Gasteiger partial charge in [0.05, 0.1) is 13.2 Å². The third-order valence-corrected chi connectivity index (χ3v) is 8.57. The molecule has 148 valence electrons. The molecular formula is C18H27N5O3S. The third-order valence-electron chi connectivity index (χ3n) is 6.60. The summed E-state index contributed by atoms with van der Waals surface area (Å²) in [6, 6.07) is 2.15. The van der Waals surface area contributed by atoms with Crippen molar-refractivity contribution in [3.63, 3.8) is 0 Å². The van der Waals surface area contributed by atoms with Crippen molar-refractivity contribution in [2.75, 3.05) is 57.4 Å². The van der Waals surface area contributed by atoms with Crippen molar-refractivity contribution in [1.29, 1.82) is 0 Å². The van der Waals surface area contributed by atoms with Crippen LogP contribution in [0.3, 0.4) is 0 Å². The molecule has 0 radical (unpaired) electrons. The first-order chi connectivity index (χ1) is 13.1. The van der Waals surface area contributed by atoms with E-state index in [1.165, 1.54) is 25.0 Å². The van der Waals surface area contributed by atoms with Crippen LogP contribution in [0.1, 0.15) is 30.9 Å². The van der Waals surface area contributed by atoms with E-state index in [9.17, 15) is 8.42 Å². The van der Waals surface area contributed by atoms with Gasteiger partial charge in [-0.3, -0.25) is 0 Å². The van der Waals surface area contributed by atoms with Crippen LogP contribution in [0.2, 0.25) is 0 Å². The van der Waals surface area contributed by atoms with Crippen LogP contribution in [0.15, 0.2) is 12.4 Å². The van der Waals surface area contributed by atoms with Crippen LogP contribution in [-0.4, -0.2) is 79.5 Å². The molecule has 1 aromatic heterocycles. The second kappa shape index (κ2) is 6.95. The summed E-state index contributed by atoms with van der Waals surface area (Å²) >= 11 is 0. The van der Waals surface area contributed by atoms with Crippen LogP contribution in [-0.2, 0) is 14.9 Å². The van der Waals surface area contributed by atoms with E-state index < -0.39 is 10.2 Å². The Hall–Kier alpha value is -1.29. The number of rotatable bonds is 4. The first-order valence-electron chi connectivity index (χ1n) is 10.0. The molecular weight excluding hydrogens is 366 g/mol. The summed E-state index contributed by atoms with van der Waals surface area (Å²) in [5.74, 6) is 2.36. The molecule has 4 heterocycles. The summed E-state index contributed by atoms with van der Waals surface area (Å²) in [6.07, 6.45) is 5.45. The Balaban J connectivity index is 1.24. The number of morpholine rings is 1. The van der Waals surface area contributed by atoms with E-state index in [4.69, 9.17) is 4.74 Å². The molecule has 2 atom stereocenters. The highest BCUT2D eigenvalue weighted by molar-refractivity contribution is 7.86. The number of ether oxygens (including phenoxy) is 1. The summed E-state index contributed by atoms with van der Waals surface area (Å²) in [4.78, 5) is 11.3. The van der Waals surface area contributed by atoms with Gasteiger partial charge in [-0.2, -0.15) is 17.0 Å². The molecule has 3 saturated heterocycles. The second-order valence-electron chi connectivity index (χ2n) is 8.19. The van der Waals surface area contributed by atoms with Crippen molar-refractivity contribution in [2.45, 2.75) is 25.2 Å². The van der Waals surface area contributed by atoms with Crippen LogP contribution in [0.5, 0.6) is 0 Å². The van der Waals surface area contributed by atoms with Gasteiger partial charge in [0.25, 0.3) is 10.2 Å². The van der Waals surface area contributed by atoms with Gasteiger partial charge in [-0.1, -0.05) is 6.42 Å². The fraction of sp³-hybridized carbons (Fsp3) is 0.778. The van der Waals surface area contributed by atoms with Crippen LogP contribution < -0.4 is 4.90 Å². The van der Waals surface area contributed by atoms with E-state index in [0.717, 1.165) is 18.9 Å². The summed E-state index contributed by atoms with van der Waals surface area (Å²) in [6.45, 7) is 4.89. The third kappa shape index (κ3) is 3.24. The number of fused-ring (bicyclic) bond motifs is 1. The summed E-state index contributed by atoms with van der Waals surface area (Å²) in [5.41, 5.74) is 1.17. The predicted molar refractivity (Wildman–Crippen MR) is 101 cm³/mol. The number of hydrogen-bond donors (Lipinski definition) is 0. The molecule has 0 spiro atoms. The van der Waals surface area contributed by atoms with Crippen LogP contribution >= 0.6 is 0 Å². The zero-order valence-electron chi connectivity index (χ0n) is 15.5. The highest BCUT2D eigenvalue weighted by atomic mass is 32.2. The lowest BCUT2D eigenvalue weighted by Crippen LogP contribution is -2.48. The average Bonchev–Trinajstić information content (AvgIpc) is 3.21. The Morgan fingerprint density at radius 3 is 2.30 bits per heavy atom. The maximum Gasteiger partial charge on any atom is 0.282 e. The van der Waals surface area contributed by atoms with Gasteiger partial charge in [0.2, 0.25) is 0 Å². The summed E-state index contributed by atoms with van der Waals surface area (Å²) in [7, 11) is -3.36. The second-order valence-corrected chi connectivity index (χ2v) is 10.1. The molecule has 1 aromatic rings. The largest absolute Gasteiger partial charge is 0.379 e. The van der Waals surface area contributed by atoms with Gasteiger partial charge >= 0.3 is 0 Å². The quantitative estimate of drug-likeness (QED) is 0.749. The van der Waals surface area contributed by atoms with Gasteiger partial charge in [0.1, 0.15) is 12.1 Å². The van der Waals surface area contributed by atoms with Crippen molar-refractivity contribution in [3.8, 4) is 0 Å². The first-order valence-corrected chi connectivity index (χ1v) is 11.4. The van der Waals surface area contributed by atoms with E-state index in [0.29, 0.717) is 57.1 Å². The standard InChI is InChI=1S/C18H27N5O3S/c24-27(25,22-4-6-26-7-5-22)23-11-15-9-21(10-16(15)12-23)18-8-17(19-13-20-18)14-2-1-3-14/h8,13-16H,1-7,9-12H2. The molecule has 1 aliphatic carbocycles. The number of aromatic nitrogens is 2. The first kappa shape index (κ1) is 17.8. The molecule has 1 saturated carbocycles. The van der Waals surface area contributed by atoms with Crippen molar-refractivity contribution in [3.05, 3.63) is 18.1 Å². The molecule has 5 rings (SSSR count). The van der Waals surface area contributed by atoms with E-state index in [1.807, 2.05) is 0 Å². The Kier molecular flexibility index (Phi) is 4.58. The molecule has 3 aliphatic heterocycles. The van der Waals surface area contributed by atoms with Crippen molar-refractivity contribution in [2.24, 2.45) is 11.8 Å². The molecule has 8 nitrogen and oxygen atoms in total. The normalized spacial score (nSPS) is 30.4. The zero-order valence-corrected chi connectivity index (χ0v) is 16.4. The molecule has 0 bridgehead atoms. The van der Waals surface area contributed by atoms with Gasteiger partial charge in [-0.25, -0.2) is 9.97 Å². The van der Waals surface area contributed by atoms with Crippen LogP contribution in [0.4, 0.5) is 5.82 Å². The maximum atomic E-state index is 12.9. The molecule has 0 aromatic carbocycles. The predicted octanol–water partition coefficient (Wildman–Crippen LogP) is 0.689. The monoisotopic (exact) mass is 393 g/mol. The maximum absolute atomic E-state index is 12.9. The van der Waals surface area contributed by atoms with Gasteiger partial charge in [-0.15, -0.1) is 0 Å². The average molecular weight is 394 g/mol. The van der Waals surface area contributed by atoms with E-state index in [-0.39, 0.29) is 0 Å². The SMILES string of the molecule is O=S(=O)(N1CCOCC1)N1CC2CN(c3cc(C4CCC4)ncn3)CC2C1. The van der Waals surface area contributed by atoms with Gasteiger partial charge in [0, 0.05) is 56.9 Å². The Morgan fingerprint density at radius 2 is 1.67 bits per heavy atom. The zero-order chi connectivity index (χ0) is 18.4. The van der Waals surface area contributed by atoms with E-state index in [1.54, 1.807) is 14.9 Å². The summed E-state index contributed by atoms with van der Waals surface area (Å²) in [5, 5.41) is 0. The van der Waals surface area contributed by atoms with Crippen molar-refractivity contribution >= 4 is 16.0 Å². The number of hydrogen-bond acceptors (Lipinski definition) is 6. The van der Waals surface area contributed by atoms with Crippen LogP contribution in [0.25, 0.3) is 0 Å². The minimum Gasteiger partial charge on any atom is -0.379 e. The van der Waals surface area contributed by atoms with Crippen LogP contribution in [0, 0.1) is 11.8 Å². The smallest absolute Gasteiger partial charge is 0.282 e. The number of anilines is 1. The number of nitrogens with zero attached hydrogens (tertiary/aromatic N) is 5. The van der Waals surface area contributed by atoms with Crippen molar-refractivity contribution in [1.82, 2.24) is 18.6 Å². The highest BCUT2D eigenvalue weighted by Gasteiger charge is 2.46. The molecule has 4 aliphatic rings. The fourth-order valence-electron chi connectivity index (χ4n) is 4.73. The lowest BCUT2D eigenvalue weighted by atomic mass is 9.83. The summed E-state index contributed by atoms with van der Waals surface area (Å²) < 4.78 is 34.3. The minimum absolute atomic E-state index is 0.378. The van der Waals surface area contributed by atoms with E-state index in [2.05, 4.69) is 20.9 Å².